The van der Waals surface area contributed by atoms with Crippen molar-refractivity contribution in [2.24, 2.45) is 16.8 Å². The first kappa shape index (κ1) is 39.9. The number of nitrogens with one attached hydrogen (secondary N) is 3. The van der Waals surface area contributed by atoms with Crippen LogP contribution in [0.25, 0.3) is 10.9 Å². The first-order valence-electron chi connectivity index (χ1n) is 18.9. The number of halogens is 4. The van der Waals surface area contributed by atoms with Crippen LogP contribution in [0, 0.1) is 25.7 Å². The predicted molar refractivity (Wildman–Crippen MR) is 214 cm³/mol. The molecular formula is C44H42F4N6O4. The zero-order chi connectivity index (χ0) is 41.2. The van der Waals surface area contributed by atoms with Crippen molar-refractivity contribution in [1.82, 2.24) is 14.8 Å². The van der Waals surface area contributed by atoms with Gasteiger partial charge in [-0.25, -0.2) is 22.6 Å². The van der Waals surface area contributed by atoms with Crippen molar-refractivity contribution < 1.29 is 36.7 Å². The Morgan fingerprint density at radius 1 is 0.690 bits per heavy atom. The van der Waals surface area contributed by atoms with Crippen LogP contribution >= 0.6 is 0 Å². The van der Waals surface area contributed by atoms with Crippen LogP contribution in [-0.4, -0.2) is 82.1 Å². The molecule has 0 radical (unpaired) electrons. The molecule has 2 fully saturated rings. The first-order chi connectivity index (χ1) is 27.6. The second-order valence-corrected chi connectivity index (χ2v) is 15.2. The molecule has 3 aliphatic heterocycles. The van der Waals surface area contributed by atoms with E-state index < -0.39 is 73.2 Å². The highest BCUT2D eigenvalue weighted by molar-refractivity contribution is 6.40. The topological polar surface area (TPSA) is 127 Å². The van der Waals surface area contributed by atoms with Crippen LogP contribution in [0.2, 0.25) is 0 Å². The van der Waals surface area contributed by atoms with E-state index in [2.05, 4.69) is 20.6 Å². The summed E-state index contributed by atoms with van der Waals surface area (Å²) in [5, 5.41) is 6.29. The molecule has 4 aromatic carbocycles. The van der Waals surface area contributed by atoms with E-state index in [1.54, 1.807) is 54.7 Å². The van der Waals surface area contributed by atoms with Crippen molar-refractivity contribution in [2.45, 2.75) is 45.0 Å². The Bertz CT molecular complexity index is 2380. The number of hydrogen-bond acceptors (Lipinski definition) is 5. The average molecular weight is 795 g/mol. The smallest absolute Gasteiger partial charge is 0.268 e. The van der Waals surface area contributed by atoms with Crippen molar-refractivity contribution in [3.05, 3.63) is 126 Å². The van der Waals surface area contributed by atoms with Gasteiger partial charge < -0.3 is 25.4 Å². The summed E-state index contributed by atoms with van der Waals surface area (Å²) in [4.78, 5) is 60.4. The summed E-state index contributed by atoms with van der Waals surface area (Å²) in [6, 6.07) is 28.4. The van der Waals surface area contributed by atoms with Gasteiger partial charge in [-0.2, -0.15) is 0 Å². The van der Waals surface area contributed by atoms with Gasteiger partial charge in [0.2, 0.25) is 11.8 Å². The largest absolute Gasteiger partial charge is 0.361 e. The Morgan fingerprint density at radius 2 is 1.22 bits per heavy atom. The number of piperidine rings is 2. The molecule has 0 saturated carbocycles. The van der Waals surface area contributed by atoms with Crippen molar-refractivity contribution >= 4 is 57.3 Å². The number of amides is 4. The molecule has 58 heavy (non-hydrogen) atoms. The van der Waals surface area contributed by atoms with E-state index in [4.69, 9.17) is 0 Å². The summed E-state index contributed by atoms with van der Waals surface area (Å²) in [6.07, 6.45) is 0.905. The summed E-state index contributed by atoms with van der Waals surface area (Å²) in [5.74, 6) is -10.3. The molecule has 2 saturated heterocycles. The highest BCUT2D eigenvalue weighted by atomic mass is 19.3. The lowest BCUT2D eigenvalue weighted by atomic mass is 9.93. The quantitative estimate of drug-likeness (QED) is 0.151. The van der Waals surface area contributed by atoms with Gasteiger partial charge in [-0.3, -0.25) is 19.2 Å². The molecule has 4 heterocycles. The van der Waals surface area contributed by atoms with E-state index >= 15 is 0 Å². The number of rotatable bonds is 6. The van der Waals surface area contributed by atoms with Gasteiger partial charge in [0.1, 0.15) is 5.71 Å². The molecule has 5 aromatic rings. The lowest BCUT2D eigenvalue weighted by Gasteiger charge is -2.37. The maximum Gasteiger partial charge on any atom is 0.268 e. The van der Waals surface area contributed by atoms with Crippen LogP contribution in [0.1, 0.15) is 39.9 Å². The van der Waals surface area contributed by atoms with E-state index in [1.807, 2.05) is 62.4 Å². The van der Waals surface area contributed by atoms with Gasteiger partial charge in [-0.1, -0.05) is 59.7 Å². The van der Waals surface area contributed by atoms with Crippen molar-refractivity contribution in [1.29, 1.82) is 0 Å². The molecule has 0 spiro atoms. The number of carbonyl (C=O) groups excluding carboxylic acids is 4. The third kappa shape index (κ3) is 9.44. The van der Waals surface area contributed by atoms with E-state index in [1.165, 1.54) is 0 Å². The molecule has 10 nitrogen and oxygen atoms in total. The third-order valence-corrected chi connectivity index (χ3v) is 10.4. The van der Waals surface area contributed by atoms with E-state index in [-0.39, 0.29) is 18.8 Å². The Hall–Kier alpha value is -6.31. The standard InChI is InChI=1S/2C22H21F2N3O2/c1-14-2-6-18(7-3-14)26-20(28)17-11-22(23,24)13-27(12-17)21(29)16-5-4-15-8-9-25-19(15)10-16;1-14-6-8-17(9-7-14)25-20(28)16-11-22(23,24)13-27(12-16)21(29)19-10-15-4-2-3-5-18(15)26-19/h2-10,17,25H,11-13H2,1H3,(H,26,28);2-9,16H,10-13H2,1H3,(H,25,28). The molecule has 1 aromatic heterocycles. The number of H-pyrrole nitrogens is 1. The molecule has 3 aliphatic rings. The van der Waals surface area contributed by atoms with Crippen molar-refractivity contribution in [2.75, 3.05) is 36.8 Å². The monoisotopic (exact) mass is 794 g/mol. The molecule has 0 bridgehead atoms. The predicted octanol–water partition coefficient (Wildman–Crippen LogP) is 7.96. The number of aryl methyl sites for hydroxylation is 2. The number of benzene rings is 4. The lowest BCUT2D eigenvalue weighted by molar-refractivity contribution is -0.144. The number of aliphatic imine (C=N–C) groups is 1. The summed E-state index contributed by atoms with van der Waals surface area (Å²) in [6.45, 7) is 2.34. The van der Waals surface area contributed by atoms with Gasteiger partial charge >= 0.3 is 0 Å². The average Bonchev–Trinajstić information content (AvgIpc) is 3.85. The summed E-state index contributed by atoms with van der Waals surface area (Å²) >= 11 is 0. The number of anilines is 2. The number of aromatic nitrogens is 1. The van der Waals surface area contributed by atoms with E-state index in [9.17, 15) is 36.7 Å². The van der Waals surface area contributed by atoms with Gasteiger partial charge in [0.15, 0.2) is 0 Å². The normalized spacial score (nSPS) is 19.3. The second kappa shape index (κ2) is 16.3. The van der Waals surface area contributed by atoms with E-state index in [0.29, 0.717) is 29.0 Å². The Kier molecular flexibility index (Phi) is 11.2. The zero-order valence-electron chi connectivity index (χ0n) is 31.9. The number of aromatic amines is 1. The van der Waals surface area contributed by atoms with Crippen LogP contribution < -0.4 is 10.6 Å². The second-order valence-electron chi connectivity index (χ2n) is 15.2. The first-order valence-corrected chi connectivity index (χ1v) is 18.9. The molecule has 0 aliphatic carbocycles. The number of fused-ring (bicyclic) bond motifs is 2. The van der Waals surface area contributed by atoms with Gasteiger partial charge in [-0.15, -0.1) is 0 Å². The molecule has 8 rings (SSSR count). The fraction of sp³-hybridized carbons (Fsp3) is 0.295. The molecule has 2 atom stereocenters. The highest BCUT2D eigenvalue weighted by Crippen LogP contribution is 2.34. The zero-order valence-corrected chi connectivity index (χ0v) is 31.9. The van der Waals surface area contributed by atoms with Gasteiger partial charge in [0.05, 0.1) is 30.6 Å². The number of alkyl halides is 4. The minimum atomic E-state index is -3.13. The molecule has 2 unspecified atom stereocenters. The maximum atomic E-state index is 14.4. The van der Waals surface area contributed by atoms with Gasteiger partial charge in [0, 0.05) is 61.0 Å². The number of likely N-dealkylation sites (tertiary alicyclic amines) is 2. The Balaban J connectivity index is 0.000000177. The summed E-state index contributed by atoms with van der Waals surface area (Å²) < 4.78 is 57.4. The maximum absolute atomic E-state index is 14.4. The number of hydrogen-bond donors (Lipinski definition) is 3. The number of para-hydroxylation sites is 1. The Morgan fingerprint density at radius 3 is 1.78 bits per heavy atom. The SMILES string of the molecule is Cc1ccc(NC(=O)C2CN(C(=O)C3=Nc4ccccc4C3)CC(F)(F)C2)cc1.Cc1ccc(NC(=O)C2CN(C(=O)c3ccc4cc[nH]c4c3)CC(F)(F)C2)cc1. The fourth-order valence-electron chi connectivity index (χ4n) is 7.43. The summed E-state index contributed by atoms with van der Waals surface area (Å²) in [7, 11) is 0. The minimum Gasteiger partial charge on any atom is -0.361 e. The van der Waals surface area contributed by atoms with Crippen molar-refractivity contribution in [3.63, 3.8) is 0 Å². The van der Waals surface area contributed by atoms with Crippen LogP contribution in [0.15, 0.2) is 108 Å². The molecule has 300 valence electrons. The van der Waals surface area contributed by atoms with Crippen LogP contribution in [0.5, 0.6) is 0 Å². The van der Waals surface area contributed by atoms with Crippen molar-refractivity contribution in [3.8, 4) is 0 Å². The molecule has 4 amide bonds. The molecule has 14 heteroatoms. The molecular weight excluding hydrogens is 753 g/mol. The number of nitrogens with zero attached hydrogens (tertiary/aromatic N) is 3. The fourth-order valence-corrected chi connectivity index (χ4v) is 7.43. The van der Waals surface area contributed by atoms with Gasteiger partial charge in [-0.05, 0) is 73.3 Å². The van der Waals surface area contributed by atoms with Gasteiger partial charge in [0.25, 0.3) is 23.7 Å². The van der Waals surface area contributed by atoms with Crippen LogP contribution in [0.3, 0.4) is 0 Å². The number of carbonyl (C=O) groups is 4. The van der Waals surface area contributed by atoms with Crippen LogP contribution in [0.4, 0.5) is 34.6 Å². The molecule has 3 N–H and O–H groups in total. The summed E-state index contributed by atoms with van der Waals surface area (Å²) in [5.41, 5.74) is 6.05. The minimum absolute atomic E-state index is 0.0467. The van der Waals surface area contributed by atoms with Crippen LogP contribution in [-0.2, 0) is 20.8 Å². The third-order valence-electron chi connectivity index (χ3n) is 10.4. The lowest BCUT2D eigenvalue weighted by Crippen LogP contribution is -2.53. The van der Waals surface area contributed by atoms with E-state index in [0.717, 1.165) is 37.4 Å². The Labute approximate surface area is 332 Å². The highest BCUT2D eigenvalue weighted by Gasteiger charge is 2.46.